The Balaban J connectivity index is 2.61. The molecule has 2 heterocycles. The molecule has 0 saturated heterocycles. The van der Waals surface area contributed by atoms with Crippen molar-refractivity contribution in [1.82, 2.24) is 9.97 Å². The maximum atomic E-state index is 12.6. The van der Waals surface area contributed by atoms with E-state index in [-0.39, 0.29) is 10.5 Å². The van der Waals surface area contributed by atoms with E-state index in [0.717, 1.165) is 10.9 Å². The average Bonchev–Trinajstić information content (AvgIpc) is 2.62. The number of aromatic amines is 1. The van der Waals surface area contributed by atoms with Gasteiger partial charge in [0.05, 0.1) is 5.69 Å². The number of halogens is 3. The predicted octanol–water partition coefficient (Wildman–Crippen LogP) is 4.19. The van der Waals surface area contributed by atoms with Crippen molar-refractivity contribution < 1.29 is 13.2 Å². The second kappa shape index (κ2) is 4.23. The second-order valence-corrected chi connectivity index (χ2v) is 4.88. The first-order valence-corrected chi connectivity index (χ1v) is 5.90. The van der Waals surface area contributed by atoms with Crippen LogP contribution in [0.15, 0.2) is 17.5 Å². The van der Waals surface area contributed by atoms with Crippen LogP contribution in [0.25, 0.3) is 11.3 Å². The summed E-state index contributed by atoms with van der Waals surface area (Å²) >= 11 is 6.16. The Morgan fingerprint density at radius 3 is 2.65 bits per heavy atom. The fourth-order valence-corrected chi connectivity index (χ4v) is 2.32. The second-order valence-electron chi connectivity index (χ2n) is 3.37. The normalized spacial score (nSPS) is 11.8. The Hall–Kier alpha value is -1.21. The van der Waals surface area contributed by atoms with Gasteiger partial charge in [0.2, 0.25) is 0 Å². The standard InChI is InChI=1S/C10H7F3N2S2/c1-5-6(2-3-17-5)7-4-8(10(11,12)13)15-9(16)14-7/h2-4H,1H3,(H,14,15,16). The third-order valence-electron chi connectivity index (χ3n) is 2.18. The number of nitrogens with one attached hydrogen (secondary N) is 1. The first-order valence-electron chi connectivity index (χ1n) is 4.61. The molecular weight excluding hydrogens is 269 g/mol. The predicted molar refractivity (Wildman–Crippen MR) is 62.5 cm³/mol. The Bertz CT molecular complexity index is 598. The summed E-state index contributed by atoms with van der Waals surface area (Å²) in [6.07, 6.45) is -4.45. The van der Waals surface area contributed by atoms with Crippen LogP contribution >= 0.6 is 23.6 Å². The molecule has 0 aliphatic carbocycles. The third kappa shape index (κ3) is 2.55. The lowest BCUT2D eigenvalue weighted by atomic mass is 10.1. The molecule has 0 bridgehead atoms. The van der Waals surface area contributed by atoms with Crippen molar-refractivity contribution in [3.63, 3.8) is 0 Å². The lowest BCUT2D eigenvalue weighted by Crippen LogP contribution is -2.09. The Kier molecular flexibility index (Phi) is 3.05. The van der Waals surface area contributed by atoms with E-state index >= 15 is 0 Å². The molecular formula is C10H7F3N2S2. The van der Waals surface area contributed by atoms with Crippen molar-refractivity contribution in [2.75, 3.05) is 0 Å². The number of aromatic nitrogens is 2. The van der Waals surface area contributed by atoms with E-state index in [1.54, 1.807) is 11.4 Å². The fraction of sp³-hybridized carbons (Fsp3) is 0.200. The zero-order valence-corrected chi connectivity index (χ0v) is 10.3. The quantitative estimate of drug-likeness (QED) is 0.791. The van der Waals surface area contributed by atoms with Crippen LogP contribution in [0, 0.1) is 11.7 Å². The van der Waals surface area contributed by atoms with Gasteiger partial charge < -0.3 is 4.98 Å². The maximum absolute atomic E-state index is 12.6. The van der Waals surface area contributed by atoms with Gasteiger partial charge in [-0.1, -0.05) is 0 Å². The van der Waals surface area contributed by atoms with Gasteiger partial charge in [-0.05, 0) is 36.7 Å². The largest absolute Gasteiger partial charge is 0.431 e. The SMILES string of the molecule is Cc1sccc1-c1cc(C(F)(F)F)[nH]c(=S)n1. The van der Waals surface area contributed by atoms with Gasteiger partial charge in [-0.3, -0.25) is 0 Å². The highest BCUT2D eigenvalue weighted by Crippen LogP contribution is 2.31. The highest BCUT2D eigenvalue weighted by atomic mass is 32.1. The van der Waals surface area contributed by atoms with E-state index in [0.29, 0.717) is 5.56 Å². The molecule has 0 saturated carbocycles. The minimum atomic E-state index is -4.45. The Morgan fingerprint density at radius 2 is 2.12 bits per heavy atom. The van der Waals surface area contributed by atoms with Gasteiger partial charge in [-0.15, -0.1) is 11.3 Å². The molecule has 0 aromatic carbocycles. The Labute approximate surface area is 104 Å². The summed E-state index contributed by atoms with van der Waals surface area (Å²) in [5, 5.41) is 1.80. The molecule has 0 spiro atoms. The zero-order valence-electron chi connectivity index (χ0n) is 8.63. The van der Waals surface area contributed by atoms with Crippen molar-refractivity contribution in [2.24, 2.45) is 0 Å². The van der Waals surface area contributed by atoms with Crippen LogP contribution in [-0.4, -0.2) is 9.97 Å². The summed E-state index contributed by atoms with van der Waals surface area (Å²) < 4.78 is 37.6. The highest BCUT2D eigenvalue weighted by molar-refractivity contribution is 7.71. The molecule has 90 valence electrons. The van der Waals surface area contributed by atoms with Crippen molar-refractivity contribution in [2.45, 2.75) is 13.1 Å². The number of alkyl halides is 3. The van der Waals surface area contributed by atoms with E-state index in [2.05, 4.69) is 9.97 Å². The van der Waals surface area contributed by atoms with E-state index < -0.39 is 11.9 Å². The van der Waals surface area contributed by atoms with Crippen molar-refractivity contribution in [3.8, 4) is 11.3 Å². The summed E-state index contributed by atoms with van der Waals surface area (Å²) in [7, 11) is 0. The summed E-state index contributed by atoms with van der Waals surface area (Å²) in [5.74, 6) is 0. The molecule has 0 aliphatic rings. The minimum Gasteiger partial charge on any atom is -0.327 e. The van der Waals surface area contributed by atoms with Crippen molar-refractivity contribution >= 4 is 23.6 Å². The van der Waals surface area contributed by atoms with Gasteiger partial charge in [0, 0.05) is 10.4 Å². The molecule has 0 amide bonds. The summed E-state index contributed by atoms with van der Waals surface area (Å²) in [6, 6.07) is 2.71. The molecule has 2 aromatic heterocycles. The first-order chi connectivity index (χ1) is 7.88. The van der Waals surface area contributed by atoms with Crippen LogP contribution in [0.2, 0.25) is 0 Å². The van der Waals surface area contributed by atoms with Gasteiger partial charge in [-0.25, -0.2) is 4.98 Å². The molecule has 7 heteroatoms. The number of aryl methyl sites for hydroxylation is 1. The number of nitrogens with zero attached hydrogens (tertiary/aromatic N) is 1. The van der Waals surface area contributed by atoms with Gasteiger partial charge in [0.1, 0.15) is 5.69 Å². The van der Waals surface area contributed by atoms with Gasteiger partial charge in [0.15, 0.2) is 4.77 Å². The molecule has 2 aromatic rings. The summed E-state index contributed by atoms with van der Waals surface area (Å²) in [4.78, 5) is 6.88. The molecule has 0 aliphatic heterocycles. The Morgan fingerprint density at radius 1 is 1.41 bits per heavy atom. The fourth-order valence-electron chi connectivity index (χ4n) is 1.40. The topological polar surface area (TPSA) is 28.7 Å². The smallest absolute Gasteiger partial charge is 0.327 e. The van der Waals surface area contributed by atoms with Crippen LogP contribution in [0.1, 0.15) is 10.6 Å². The maximum Gasteiger partial charge on any atom is 0.431 e. The molecule has 2 nitrogen and oxygen atoms in total. The number of hydrogen-bond acceptors (Lipinski definition) is 3. The number of H-pyrrole nitrogens is 1. The molecule has 0 unspecified atom stereocenters. The molecule has 17 heavy (non-hydrogen) atoms. The van der Waals surface area contributed by atoms with Crippen molar-refractivity contribution in [3.05, 3.63) is 32.9 Å². The van der Waals surface area contributed by atoms with Crippen LogP contribution in [0.4, 0.5) is 13.2 Å². The summed E-state index contributed by atoms with van der Waals surface area (Å²) in [5.41, 5.74) is 0.0542. The number of rotatable bonds is 1. The molecule has 2 rings (SSSR count). The average molecular weight is 276 g/mol. The molecule has 0 atom stereocenters. The van der Waals surface area contributed by atoms with Gasteiger partial charge >= 0.3 is 6.18 Å². The summed E-state index contributed by atoms with van der Waals surface area (Å²) in [6.45, 7) is 1.83. The molecule has 0 radical (unpaired) electrons. The van der Waals surface area contributed by atoms with E-state index in [4.69, 9.17) is 12.2 Å². The van der Waals surface area contributed by atoms with Gasteiger partial charge in [-0.2, -0.15) is 13.2 Å². The minimum absolute atomic E-state index is 0.166. The van der Waals surface area contributed by atoms with Gasteiger partial charge in [0.25, 0.3) is 0 Å². The van der Waals surface area contributed by atoms with Crippen molar-refractivity contribution in [1.29, 1.82) is 0 Å². The molecule has 1 N–H and O–H groups in total. The lowest BCUT2D eigenvalue weighted by molar-refractivity contribution is -0.141. The molecule has 0 fully saturated rings. The van der Waals surface area contributed by atoms with E-state index in [9.17, 15) is 13.2 Å². The monoisotopic (exact) mass is 276 g/mol. The van der Waals surface area contributed by atoms with E-state index in [1.807, 2.05) is 6.92 Å². The first kappa shape index (κ1) is 12.3. The van der Waals surface area contributed by atoms with Crippen LogP contribution in [-0.2, 0) is 6.18 Å². The van der Waals surface area contributed by atoms with Crippen LogP contribution in [0.5, 0.6) is 0 Å². The van der Waals surface area contributed by atoms with Crippen LogP contribution < -0.4 is 0 Å². The third-order valence-corrected chi connectivity index (χ3v) is 3.22. The number of hydrogen-bond donors (Lipinski definition) is 1. The number of thiophene rings is 1. The van der Waals surface area contributed by atoms with E-state index in [1.165, 1.54) is 11.3 Å². The zero-order chi connectivity index (χ0) is 12.6. The lowest BCUT2D eigenvalue weighted by Gasteiger charge is -2.08. The van der Waals surface area contributed by atoms with Crippen LogP contribution in [0.3, 0.4) is 0 Å². The highest BCUT2D eigenvalue weighted by Gasteiger charge is 2.32.